The summed E-state index contributed by atoms with van der Waals surface area (Å²) >= 11 is 0. The van der Waals surface area contributed by atoms with E-state index in [9.17, 15) is 8.42 Å². The van der Waals surface area contributed by atoms with Gasteiger partial charge in [0.05, 0.1) is 18.0 Å². The Hall–Kier alpha value is -2.80. The Kier molecular flexibility index (Phi) is 4.16. The van der Waals surface area contributed by atoms with Crippen molar-refractivity contribution in [3.05, 3.63) is 65.7 Å². The summed E-state index contributed by atoms with van der Waals surface area (Å²) in [6.45, 7) is 0.198. The lowest BCUT2D eigenvalue weighted by atomic mass is 10.0. The van der Waals surface area contributed by atoms with Gasteiger partial charge in [0, 0.05) is 12.0 Å². The van der Waals surface area contributed by atoms with Gasteiger partial charge in [0.15, 0.2) is 11.5 Å². The van der Waals surface area contributed by atoms with E-state index in [4.69, 9.17) is 9.47 Å². The van der Waals surface area contributed by atoms with E-state index in [1.54, 1.807) is 0 Å². The summed E-state index contributed by atoms with van der Waals surface area (Å²) in [6.07, 6.45) is 5.46. The molecule has 2 aromatic carbocycles. The molecule has 0 bridgehead atoms. The maximum absolute atomic E-state index is 12.2. The number of benzene rings is 2. The maximum atomic E-state index is 12.2. The van der Waals surface area contributed by atoms with Crippen molar-refractivity contribution in [3.63, 3.8) is 0 Å². The Labute approximate surface area is 152 Å². The molecule has 0 fully saturated rings. The van der Waals surface area contributed by atoms with Crippen LogP contribution < -0.4 is 9.47 Å². The highest BCUT2D eigenvalue weighted by atomic mass is 32.2. The Morgan fingerprint density at radius 3 is 2.65 bits per heavy atom. The average molecular weight is 370 g/mol. The first-order chi connectivity index (χ1) is 12.5. The van der Waals surface area contributed by atoms with Crippen molar-refractivity contribution < 1.29 is 17.9 Å². The number of hydrogen-bond acceptors (Lipinski definition) is 5. The molecule has 0 aliphatic carbocycles. The molecule has 0 saturated heterocycles. The molecule has 0 spiro atoms. The van der Waals surface area contributed by atoms with Gasteiger partial charge in [-0.1, -0.05) is 42.5 Å². The Morgan fingerprint density at radius 1 is 1.12 bits per heavy atom. The van der Waals surface area contributed by atoms with E-state index in [1.807, 2.05) is 60.7 Å². The van der Waals surface area contributed by atoms with E-state index in [0.29, 0.717) is 23.6 Å². The fourth-order valence-electron chi connectivity index (χ4n) is 3.01. The van der Waals surface area contributed by atoms with Crippen LogP contribution in [0.3, 0.4) is 0 Å². The summed E-state index contributed by atoms with van der Waals surface area (Å²) in [5.41, 5.74) is 2.55. The van der Waals surface area contributed by atoms with Gasteiger partial charge in [-0.2, -0.15) is 9.52 Å². The van der Waals surface area contributed by atoms with Crippen LogP contribution in [0.1, 0.15) is 17.5 Å². The molecule has 6 nitrogen and oxygen atoms in total. The summed E-state index contributed by atoms with van der Waals surface area (Å²) in [5.74, 6) is 1.34. The second kappa shape index (κ2) is 6.49. The van der Waals surface area contributed by atoms with Gasteiger partial charge >= 0.3 is 0 Å². The summed E-state index contributed by atoms with van der Waals surface area (Å²) in [4.78, 5) is 0. The van der Waals surface area contributed by atoms with Crippen molar-refractivity contribution in [2.24, 2.45) is 5.10 Å². The van der Waals surface area contributed by atoms with Crippen LogP contribution in [0.5, 0.6) is 11.5 Å². The number of sulfonamides is 1. The number of hydrogen-bond donors (Lipinski definition) is 0. The molecule has 26 heavy (non-hydrogen) atoms. The van der Waals surface area contributed by atoms with Gasteiger partial charge in [-0.25, -0.2) is 8.42 Å². The third-order valence-corrected chi connectivity index (χ3v) is 5.29. The van der Waals surface area contributed by atoms with Crippen molar-refractivity contribution in [3.8, 4) is 11.5 Å². The lowest BCUT2D eigenvalue weighted by molar-refractivity contribution is 0.174. The van der Waals surface area contributed by atoms with Crippen LogP contribution in [0.15, 0.2) is 59.7 Å². The van der Waals surface area contributed by atoms with E-state index in [1.165, 1.54) is 10.7 Å². The van der Waals surface area contributed by atoms with Crippen LogP contribution in [0.4, 0.5) is 0 Å². The smallest absolute Gasteiger partial charge is 0.247 e. The van der Waals surface area contributed by atoms with Crippen LogP contribution in [-0.2, 0) is 10.0 Å². The van der Waals surface area contributed by atoms with Gasteiger partial charge in [-0.05, 0) is 23.8 Å². The van der Waals surface area contributed by atoms with Crippen LogP contribution >= 0.6 is 0 Å². The average Bonchev–Trinajstić information content (AvgIpc) is 3.26. The number of ether oxygens (including phenoxy) is 2. The molecule has 4 rings (SSSR count). The van der Waals surface area contributed by atoms with E-state index in [2.05, 4.69) is 5.10 Å². The molecular weight excluding hydrogens is 352 g/mol. The fourth-order valence-corrected chi connectivity index (χ4v) is 3.89. The fraction of sp³-hybridized carbons (Fsp3) is 0.211. The van der Waals surface area contributed by atoms with Crippen LogP contribution in [0.2, 0.25) is 0 Å². The molecule has 0 saturated carbocycles. The number of nitrogens with zero attached hydrogens (tertiary/aromatic N) is 2. The van der Waals surface area contributed by atoms with E-state index >= 15 is 0 Å². The largest absolute Gasteiger partial charge is 0.454 e. The van der Waals surface area contributed by atoms with Crippen molar-refractivity contribution in [1.82, 2.24) is 4.41 Å². The highest BCUT2D eigenvalue weighted by Crippen LogP contribution is 2.34. The second-order valence-electron chi connectivity index (χ2n) is 6.19. The van der Waals surface area contributed by atoms with Crippen molar-refractivity contribution in [2.75, 3.05) is 13.0 Å². The first kappa shape index (κ1) is 16.7. The predicted octanol–water partition coefficient (Wildman–Crippen LogP) is 2.87. The van der Waals surface area contributed by atoms with Gasteiger partial charge in [-0.15, -0.1) is 0 Å². The minimum atomic E-state index is -3.47. The Balaban J connectivity index is 1.62. The van der Waals surface area contributed by atoms with E-state index in [0.717, 1.165) is 11.1 Å². The molecule has 0 N–H and O–H groups in total. The molecule has 134 valence electrons. The first-order valence-electron chi connectivity index (χ1n) is 8.21. The monoisotopic (exact) mass is 370 g/mol. The standard InChI is InChI=1S/C19H18N2O4S/c1-26(22,23)21-16(9-7-14-5-3-2-4-6-14)12-17(20-21)15-8-10-18-19(11-15)25-13-24-18/h2-11,16H,12-13H2,1H3/b9-7-/t16-/m1/s1. The molecule has 7 heteroatoms. The number of hydrazone groups is 1. The van der Waals surface area contributed by atoms with Crippen LogP contribution in [-0.4, -0.2) is 37.6 Å². The van der Waals surface area contributed by atoms with Crippen molar-refractivity contribution in [1.29, 1.82) is 0 Å². The molecule has 2 aliphatic rings. The highest BCUT2D eigenvalue weighted by molar-refractivity contribution is 7.88. The number of rotatable bonds is 4. The van der Waals surface area contributed by atoms with Gasteiger partial charge in [-0.3, -0.25) is 0 Å². The molecule has 0 unspecified atom stereocenters. The minimum Gasteiger partial charge on any atom is -0.454 e. The predicted molar refractivity (Wildman–Crippen MR) is 99.7 cm³/mol. The van der Waals surface area contributed by atoms with Gasteiger partial charge in [0.25, 0.3) is 0 Å². The zero-order valence-electron chi connectivity index (χ0n) is 14.2. The van der Waals surface area contributed by atoms with Crippen molar-refractivity contribution >= 4 is 21.8 Å². The first-order valence-corrected chi connectivity index (χ1v) is 10.1. The maximum Gasteiger partial charge on any atom is 0.247 e. The normalized spacial score (nSPS) is 19.2. The minimum absolute atomic E-state index is 0.198. The van der Waals surface area contributed by atoms with E-state index < -0.39 is 10.0 Å². The molecule has 2 heterocycles. The van der Waals surface area contributed by atoms with Crippen LogP contribution in [0, 0.1) is 0 Å². The zero-order valence-corrected chi connectivity index (χ0v) is 15.0. The van der Waals surface area contributed by atoms with Gasteiger partial charge < -0.3 is 9.47 Å². The summed E-state index contributed by atoms with van der Waals surface area (Å²) in [6, 6.07) is 14.9. The molecule has 0 radical (unpaired) electrons. The molecule has 1 atom stereocenters. The molecule has 0 aromatic heterocycles. The van der Waals surface area contributed by atoms with E-state index in [-0.39, 0.29) is 12.8 Å². The third kappa shape index (κ3) is 3.30. The summed E-state index contributed by atoms with van der Waals surface area (Å²) < 4.78 is 36.2. The Morgan fingerprint density at radius 2 is 1.88 bits per heavy atom. The summed E-state index contributed by atoms with van der Waals surface area (Å²) in [5, 5.41) is 4.36. The number of fused-ring (bicyclic) bond motifs is 1. The quantitative estimate of drug-likeness (QED) is 0.830. The van der Waals surface area contributed by atoms with Gasteiger partial charge in [0.2, 0.25) is 16.8 Å². The molecule has 2 aliphatic heterocycles. The lowest BCUT2D eigenvalue weighted by Gasteiger charge is -2.17. The van der Waals surface area contributed by atoms with Crippen LogP contribution in [0.25, 0.3) is 6.08 Å². The third-order valence-electron chi connectivity index (χ3n) is 4.26. The molecule has 0 amide bonds. The van der Waals surface area contributed by atoms with Crippen molar-refractivity contribution in [2.45, 2.75) is 12.5 Å². The molecular formula is C19H18N2O4S. The zero-order chi connectivity index (χ0) is 18.1. The Bertz CT molecular complexity index is 984. The second-order valence-corrected chi connectivity index (χ2v) is 8.03. The topological polar surface area (TPSA) is 68.2 Å². The lowest BCUT2D eigenvalue weighted by Crippen LogP contribution is -2.30. The highest BCUT2D eigenvalue weighted by Gasteiger charge is 2.32. The molecule has 2 aromatic rings. The van der Waals surface area contributed by atoms with Gasteiger partial charge in [0.1, 0.15) is 0 Å². The SMILES string of the molecule is CS(=O)(=O)N1N=C(c2ccc3c(c2)OCO3)C[C@H]1/C=C\c1ccccc1. The summed E-state index contributed by atoms with van der Waals surface area (Å²) in [7, 11) is -3.47.